The van der Waals surface area contributed by atoms with Crippen molar-refractivity contribution in [3.05, 3.63) is 29.0 Å². The van der Waals surface area contributed by atoms with Crippen molar-refractivity contribution in [1.29, 1.82) is 0 Å². The first-order valence-corrected chi connectivity index (χ1v) is 9.83. The molecule has 4 aliphatic heterocycles. The standard InChI is InChI=1S/C19H18N2O6S/c22-13-5-11(15-7-24-17(13)26-15)20-9-3-1-2-4-10(9)21(19(20)28)12-6-14(23)18-25-8-16(12)27-18/h1-4,11-12,15-18H,5-8H2/t11-,12-,15-,16-,17+,18+/m1/s1. The molecule has 6 rings (SSSR count). The molecule has 0 N–H and O–H groups in total. The summed E-state index contributed by atoms with van der Waals surface area (Å²) in [5, 5.41) is 0. The second kappa shape index (κ2) is 6.04. The molecule has 1 aromatic carbocycles. The third-order valence-corrected chi connectivity index (χ3v) is 6.49. The highest BCUT2D eigenvalue weighted by molar-refractivity contribution is 7.71. The Morgan fingerprint density at radius 3 is 1.75 bits per heavy atom. The normalized spacial score (nSPS) is 37.1. The Morgan fingerprint density at radius 2 is 1.29 bits per heavy atom. The highest BCUT2D eigenvalue weighted by Gasteiger charge is 2.47. The van der Waals surface area contributed by atoms with Gasteiger partial charge in [-0.2, -0.15) is 0 Å². The van der Waals surface area contributed by atoms with Gasteiger partial charge in [0.15, 0.2) is 16.3 Å². The summed E-state index contributed by atoms with van der Waals surface area (Å²) >= 11 is 5.87. The van der Waals surface area contributed by atoms with Gasteiger partial charge in [-0.1, -0.05) is 12.1 Å². The van der Waals surface area contributed by atoms with Crippen molar-refractivity contribution in [3.8, 4) is 0 Å². The van der Waals surface area contributed by atoms with Crippen LogP contribution in [0.2, 0.25) is 0 Å². The summed E-state index contributed by atoms with van der Waals surface area (Å²) in [5.41, 5.74) is 1.82. The van der Waals surface area contributed by atoms with Crippen molar-refractivity contribution in [2.75, 3.05) is 13.2 Å². The number of benzene rings is 1. The van der Waals surface area contributed by atoms with Crippen LogP contribution in [0.4, 0.5) is 0 Å². The number of carbonyl (C=O) groups is 2. The lowest BCUT2D eigenvalue weighted by Crippen LogP contribution is -2.38. The van der Waals surface area contributed by atoms with E-state index in [9.17, 15) is 9.59 Å². The number of imidazole rings is 1. The third kappa shape index (κ3) is 2.28. The molecule has 0 amide bonds. The zero-order chi connectivity index (χ0) is 19.0. The van der Waals surface area contributed by atoms with Gasteiger partial charge < -0.3 is 28.1 Å². The molecule has 4 fully saturated rings. The van der Waals surface area contributed by atoms with E-state index < -0.39 is 12.6 Å². The van der Waals surface area contributed by atoms with Gasteiger partial charge in [-0.05, 0) is 24.4 Å². The van der Waals surface area contributed by atoms with Gasteiger partial charge in [0, 0.05) is 12.8 Å². The molecule has 5 heterocycles. The number of ketones is 2. The van der Waals surface area contributed by atoms with Crippen molar-refractivity contribution in [2.24, 2.45) is 0 Å². The minimum Gasteiger partial charge on any atom is -0.343 e. The topological polar surface area (TPSA) is 80.9 Å². The van der Waals surface area contributed by atoms with Crippen LogP contribution in [0.5, 0.6) is 0 Å². The number of fused-ring (bicyclic) bond motifs is 5. The number of carbonyl (C=O) groups excluding carboxylic acids is 2. The second-order valence-corrected chi connectivity index (χ2v) is 8.03. The van der Waals surface area contributed by atoms with Crippen LogP contribution in [0.1, 0.15) is 24.9 Å². The van der Waals surface area contributed by atoms with Crippen LogP contribution in [0.25, 0.3) is 11.0 Å². The van der Waals surface area contributed by atoms with Gasteiger partial charge >= 0.3 is 0 Å². The monoisotopic (exact) mass is 402 g/mol. The first-order valence-electron chi connectivity index (χ1n) is 9.43. The molecule has 0 radical (unpaired) electrons. The maximum Gasteiger partial charge on any atom is 0.218 e. The molecule has 0 saturated carbocycles. The summed E-state index contributed by atoms with van der Waals surface area (Å²) in [7, 11) is 0. The predicted octanol–water partition coefficient (Wildman–Crippen LogP) is 1.68. The molecule has 28 heavy (non-hydrogen) atoms. The molecule has 1 aromatic heterocycles. The zero-order valence-electron chi connectivity index (χ0n) is 14.9. The fourth-order valence-electron chi connectivity index (χ4n) is 4.80. The lowest BCUT2D eigenvalue weighted by molar-refractivity contribution is -0.156. The predicted molar refractivity (Wildman–Crippen MR) is 97.3 cm³/mol. The minimum atomic E-state index is -0.749. The van der Waals surface area contributed by atoms with E-state index in [-0.39, 0.29) is 35.9 Å². The molecular weight excluding hydrogens is 384 g/mol. The number of rotatable bonds is 2. The molecule has 0 spiro atoms. The molecule has 4 saturated heterocycles. The average molecular weight is 402 g/mol. The van der Waals surface area contributed by atoms with Crippen molar-refractivity contribution in [2.45, 2.75) is 49.7 Å². The SMILES string of the molecule is O=C1C[C@@H](n2c(=S)n([C@@H]3CC(=O)[C@H]4OC[C@H]3O4)c3ccccc32)[C@H]2CO[C@H]1O2. The highest BCUT2D eigenvalue weighted by Crippen LogP contribution is 2.39. The van der Waals surface area contributed by atoms with Gasteiger partial charge in [-0.25, -0.2) is 0 Å². The smallest absolute Gasteiger partial charge is 0.218 e. The number of Topliss-reactive ketones (excluding diaryl/α,β-unsaturated/α-hetero) is 2. The van der Waals surface area contributed by atoms with E-state index in [1.165, 1.54) is 0 Å². The molecule has 0 unspecified atom stereocenters. The second-order valence-electron chi connectivity index (χ2n) is 7.67. The Balaban J connectivity index is 1.52. The molecule has 9 heteroatoms. The lowest BCUT2D eigenvalue weighted by Gasteiger charge is -2.29. The van der Waals surface area contributed by atoms with Crippen LogP contribution in [-0.4, -0.2) is 58.7 Å². The maximum atomic E-state index is 12.4. The number of ether oxygens (including phenoxy) is 4. The van der Waals surface area contributed by atoms with Crippen molar-refractivity contribution in [3.63, 3.8) is 0 Å². The van der Waals surface area contributed by atoms with Gasteiger partial charge in [0.25, 0.3) is 0 Å². The van der Waals surface area contributed by atoms with Crippen LogP contribution in [-0.2, 0) is 28.5 Å². The fraction of sp³-hybridized carbons (Fsp3) is 0.526. The first kappa shape index (κ1) is 17.0. The van der Waals surface area contributed by atoms with Crippen LogP contribution in [0.3, 0.4) is 0 Å². The number of hydrogen-bond acceptors (Lipinski definition) is 7. The molecule has 2 aromatic rings. The summed E-state index contributed by atoms with van der Waals surface area (Å²) in [6, 6.07) is 7.36. The number of aromatic nitrogens is 2. The largest absolute Gasteiger partial charge is 0.343 e. The van der Waals surface area contributed by atoms with Crippen LogP contribution in [0, 0.1) is 4.77 Å². The zero-order valence-corrected chi connectivity index (χ0v) is 15.7. The van der Waals surface area contributed by atoms with E-state index in [1.807, 2.05) is 33.4 Å². The number of nitrogens with zero attached hydrogens (tertiary/aromatic N) is 2. The van der Waals surface area contributed by atoms with Crippen molar-refractivity contribution in [1.82, 2.24) is 9.13 Å². The first-order chi connectivity index (χ1) is 13.6. The summed E-state index contributed by atoms with van der Waals surface area (Å²) in [4.78, 5) is 24.7. The molecule has 0 aliphatic carbocycles. The highest BCUT2D eigenvalue weighted by atomic mass is 32.1. The van der Waals surface area contributed by atoms with E-state index in [1.54, 1.807) is 0 Å². The molecular formula is C19H18N2O6S. The van der Waals surface area contributed by atoms with Crippen LogP contribution >= 0.6 is 12.2 Å². The molecule has 8 nitrogen and oxygen atoms in total. The fourth-order valence-corrected chi connectivity index (χ4v) is 5.27. The minimum absolute atomic E-state index is 0.0688. The van der Waals surface area contributed by atoms with Crippen LogP contribution in [0.15, 0.2) is 24.3 Å². The maximum absolute atomic E-state index is 12.4. The summed E-state index contributed by atoms with van der Waals surface area (Å²) in [6.45, 7) is 0.733. The number of hydrogen-bond donors (Lipinski definition) is 0. The molecule has 6 atom stereocenters. The van der Waals surface area contributed by atoms with E-state index in [4.69, 9.17) is 31.2 Å². The van der Waals surface area contributed by atoms with Gasteiger partial charge in [0.2, 0.25) is 12.6 Å². The van der Waals surface area contributed by atoms with E-state index in [0.717, 1.165) is 11.0 Å². The van der Waals surface area contributed by atoms with E-state index in [2.05, 4.69) is 0 Å². The summed E-state index contributed by atoms with van der Waals surface area (Å²) in [5.74, 6) is -0.138. The summed E-state index contributed by atoms with van der Waals surface area (Å²) in [6.07, 6.45) is -1.32. The van der Waals surface area contributed by atoms with E-state index in [0.29, 0.717) is 30.8 Å². The number of para-hydroxylation sites is 2. The molecule has 4 bridgehead atoms. The summed E-state index contributed by atoms with van der Waals surface area (Å²) < 4.78 is 27.0. The Kier molecular flexibility index (Phi) is 3.67. The Labute approximate surface area is 164 Å². The third-order valence-electron chi connectivity index (χ3n) is 6.10. The molecule has 146 valence electrons. The Hall–Kier alpha value is -1.91. The van der Waals surface area contributed by atoms with Crippen molar-refractivity contribution >= 4 is 34.8 Å². The van der Waals surface area contributed by atoms with Crippen molar-refractivity contribution < 1.29 is 28.5 Å². The Bertz CT molecular complexity index is 980. The van der Waals surface area contributed by atoms with Gasteiger partial charge in [-0.3, -0.25) is 9.59 Å². The molecule has 4 aliphatic rings. The van der Waals surface area contributed by atoms with Gasteiger partial charge in [0.05, 0.1) is 36.3 Å². The average Bonchev–Trinajstić information content (AvgIpc) is 3.38. The quantitative estimate of drug-likeness (QED) is 0.707. The van der Waals surface area contributed by atoms with E-state index >= 15 is 0 Å². The Morgan fingerprint density at radius 1 is 0.821 bits per heavy atom. The van der Waals surface area contributed by atoms with Gasteiger partial charge in [0.1, 0.15) is 12.2 Å². The van der Waals surface area contributed by atoms with Crippen LogP contribution < -0.4 is 0 Å². The lowest BCUT2D eigenvalue weighted by atomic mass is 10.0. The van der Waals surface area contributed by atoms with Gasteiger partial charge in [-0.15, -0.1) is 0 Å².